The number of nitrogens with zero attached hydrogens (tertiary/aromatic N) is 2. The van der Waals surface area contributed by atoms with Crippen LogP contribution in [0.1, 0.15) is 20.3 Å². The second-order valence-corrected chi connectivity index (χ2v) is 3.80. The number of hydrogen-bond acceptors (Lipinski definition) is 1. The van der Waals surface area contributed by atoms with Gasteiger partial charge in [0.05, 0.1) is 0 Å². The Labute approximate surface area is 63.6 Å². The Kier molecular flexibility index (Phi) is 2.02. The molecule has 1 heterocycles. The molecule has 0 aromatic rings. The maximum absolute atomic E-state index is 4.53. The Hall–Kier alpha value is -0.0800. The van der Waals surface area contributed by atoms with E-state index >= 15 is 0 Å². The molecular weight excluding hydrogens is 124 g/mol. The summed E-state index contributed by atoms with van der Waals surface area (Å²) in [6.45, 7) is 5.46. The average Bonchev–Trinajstić information content (AvgIpc) is 2.08. The minimum Gasteiger partial charge on any atom is -0.305 e. The highest BCUT2D eigenvalue weighted by atomic mass is 15.2. The first-order chi connectivity index (χ1) is 4.54. The predicted octanol–water partition coefficient (Wildman–Crippen LogP) is 0.703. The summed E-state index contributed by atoms with van der Waals surface area (Å²) in [6.07, 6.45) is 1.22. The standard InChI is InChI=1S/C8H17N2/c1-8(2)7(10(3)4)5-6-9-8/h7H,5-6H2,1-4H3. The summed E-state index contributed by atoms with van der Waals surface area (Å²) in [6, 6.07) is 0.646. The fourth-order valence-electron chi connectivity index (χ4n) is 1.82. The fourth-order valence-corrected chi connectivity index (χ4v) is 1.82. The molecule has 0 saturated carbocycles. The summed E-state index contributed by atoms with van der Waals surface area (Å²) in [5.41, 5.74) is 0.184. The highest BCUT2D eigenvalue weighted by Gasteiger charge is 2.36. The lowest BCUT2D eigenvalue weighted by molar-refractivity contribution is 0.214. The van der Waals surface area contributed by atoms with Gasteiger partial charge in [0.2, 0.25) is 0 Å². The Morgan fingerprint density at radius 2 is 2.00 bits per heavy atom. The van der Waals surface area contributed by atoms with Crippen LogP contribution in [-0.2, 0) is 0 Å². The van der Waals surface area contributed by atoms with Gasteiger partial charge < -0.3 is 4.90 Å². The van der Waals surface area contributed by atoms with Gasteiger partial charge in [0.25, 0.3) is 0 Å². The summed E-state index contributed by atoms with van der Waals surface area (Å²) >= 11 is 0. The van der Waals surface area contributed by atoms with Crippen molar-refractivity contribution in [2.24, 2.45) is 0 Å². The topological polar surface area (TPSA) is 17.3 Å². The van der Waals surface area contributed by atoms with E-state index in [0.29, 0.717) is 6.04 Å². The molecule has 1 rings (SSSR count). The summed E-state index contributed by atoms with van der Waals surface area (Å²) in [4.78, 5) is 2.27. The number of rotatable bonds is 1. The Morgan fingerprint density at radius 3 is 2.20 bits per heavy atom. The normalized spacial score (nSPS) is 31.5. The monoisotopic (exact) mass is 141 g/mol. The Balaban J connectivity index is 2.59. The van der Waals surface area contributed by atoms with Gasteiger partial charge in [-0.1, -0.05) is 0 Å². The molecule has 0 N–H and O–H groups in total. The van der Waals surface area contributed by atoms with Crippen LogP contribution in [0, 0.1) is 0 Å². The molecule has 1 aliphatic rings. The maximum Gasteiger partial charge on any atom is 0.0455 e. The van der Waals surface area contributed by atoms with Crippen molar-refractivity contribution in [3.05, 3.63) is 0 Å². The molecule has 1 fully saturated rings. The van der Waals surface area contributed by atoms with E-state index in [1.807, 2.05) is 0 Å². The van der Waals surface area contributed by atoms with E-state index in [-0.39, 0.29) is 5.54 Å². The van der Waals surface area contributed by atoms with Crippen molar-refractivity contribution in [2.75, 3.05) is 20.6 Å². The molecule has 0 amide bonds. The van der Waals surface area contributed by atoms with Crippen molar-refractivity contribution in [3.63, 3.8) is 0 Å². The molecule has 1 aliphatic heterocycles. The quantitative estimate of drug-likeness (QED) is 0.525. The van der Waals surface area contributed by atoms with Crippen molar-refractivity contribution in [3.8, 4) is 0 Å². The van der Waals surface area contributed by atoms with E-state index in [1.165, 1.54) is 6.42 Å². The lowest BCUT2D eigenvalue weighted by Crippen LogP contribution is -2.45. The molecule has 0 bridgehead atoms. The van der Waals surface area contributed by atoms with Crippen molar-refractivity contribution in [1.29, 1.82) is 0 Å². The van der Waals surface area contributed by atoms with E-state index in [1.54, 1.807) is 0 Å². The van der Waals surface area contributed by atoms with E-state index in [2.05, 4.69) is 38.2 Å². The van der Waals surface area contributed by atoms with Crippen molar-refractivity contribution in [2.45, 2.75) is 31.8 Å². The van der Waals surface area contributed by atoms with Crippen LogP contribution in [0.15, 0.2) is 0 Å². The van der Waals surface area contributed by atoms with Crippen LogP contribution in [0.3, 0.4) is 0 Å². The fraction of sp³-hybridized carbons (Fsp3) is 1.00. The summed E-state index contributed by atoms with van der Waals surface area (Å²) in [7, 11) is 4.26. The second kappa shape index (κ2) is 2.51. The summed E-state index contributed by atoms with van der Waals surface area (Å²) in [5, 5.41) is 4.53. The van der Waals surface area contributed by atoms with Gasteiger partial charge in [0.15, 0.2) is 0 Å². The average molecular weight is 141 g/mol. The smallest absolute Gasteiger partial charge is 0.0455 e. The molecule has 1 atom stereocenters. The zero-order valence-electron chi connectivity index (χ0n) is 7.39. The number of likely N-dealkylation sites (N-methyl/N-ethyl adjacent to an activating group) is 1. The zero-order valence-corrected chi connectivity index (χ0v) is 7.39. The first-order valence-electron chi connectivity index (χ1n) is 3.89. The van der Waals surface area contributed by atoms with Crippen LogP contribution in [0.25, 0.3) is 0 Å². The molecule has 0 aromatic carbocycles. The van der Waals surface area contributed by atoms with Crippen LogP contribution in [0.4, 0.5) is 0 Å². The third kappa shape index (κ3) is 1.32. The Morgan fingerprint density at radius 1 is 1.40 bits per heavy atom. The van der Waals surface area contributed by atoms with Crippen LogP contribution in [0.2, 0.25) is 0 Å². The lowest BCUT2D eigenvalue weighted by atomic mass is 9.96. The predicted molar refractivity (Wildman–Crippen MR) is 43.2 cm³/mol. The third-order valence-corrected chi connectivity index (χ3v) is 2.36. The van der Waals surface area contributed by atoms with Gasteiger partial charge in [-0.2, -0.15) is 0 Å². The van der Waals surface area contributed by atoms with E-state index in [9.17, 15) is 0 Å². The zero-order chi connectivity index (χ0) is 7.78. The van der Waals surface area contributed by atoms with Crippen molar-refractivity contribution in [1.82, 2.24) is 10.2 Å². The molecule has 0 spiro atoms. The third-order valence-electron chi connectivity index (χ3n) is 2.36. The SMILES string of the molecule is CN(C)C1CC[N]C1(C)C. The minimum absolute atomic E-state index is 0.184. The molecular formula is C8H17N2. The van der Waals surface area contributed by atoms with Gasteiger partial charge in [-0.3, -0.25) is 0 Å². The molecule has 1 radical (unpaired) electrons. The van der Waals surface area contributed by atoms with Gasteiger partial charge in [-0.15, -0.1) is 0 Å². The Bertz CT molecular complexity index is 118. The molecule has 2 nitrogen and oxygen atoms in total. The van der Waals surface area contributed by atoms with E-state index < -0.39 is 0 Å². The molecule has 10 heavy (non-hydrogen) atoms. The summed E-state index contributed by atoms with van der Waals surface area (Å²) < 4.78 is 0. The van der Waals surface area contributed by atoms with Crippen LogP contribution in [-0.4, -0.2) is 37.1 Å². The van der Waals surface area contributed by atoms with Gasteiger partial charge in [-0.25, -0.2) is 5.32 Å². The summed E-state index contributed by atoms with van der Waals surface area (Å²) in [5.74, 6) is 0. The maximum atomic E-state index is 4.53. The number of hydrogen-bond donors (Lipinski definition) is 0. The highest BCUT2D eigenvalue weighted by molar-refractivity contribution is 4.96. The van der Waals surface area contributed by atoms with Gasteiger partial charge in [0, 0.05) is 18.1 Å². The van der Waals surface area contributed by atoms with Crippen LogP contribution >= 0.6 is 0 Å². The van der Waals surface area contributed by atoms with Crippen LogP contribution < -0.4 is 5.32 Å². The van der Waals surface area contributed by atoms with E-state index in [0.717, 1.165) is 6.54 Å². The first kappa shape index (κ1) is 8.02. The molecule has 59 valence electrons. The largest absolute Gasteiger partial charge is 0.305 e. The molecule has 0 aliphatic carbocycles. The highest BCUT2D eigenvalue weighted by Crippen LogP contribution is 2.23. The van der Waals surface area contributed by atoms with Gasteiger partial charge in [-0.05, 0) is 34.4 Å². The molecule has 1 unspecified atom stereocenters. The first-order valence-corrected chi connectivity index (χ1v) is 3.89. The van der Waals surface area contributed by atoms with Crippen molar-refractivity contribution < 1.29 is 0 Å². The molecule has 1 saturated heterocycles. The molecule has 0 aromatic heterocycles. The van der Waals surface area contributed by atoms with Gasteiger partial charge in [0.1, 0.15) is 0 Å². The molecule has 2 heteroatoms. The minimum atomic E-state index is 0.184. The van der Waals surface area contributed by atoms with E-state index in [4.69, 9.17) is 0 Å². The van der Waals surface area contributed by atoms with Crippen molar-refractivity contribution >= 4 is 0 Å². The lowest BCUT2D eigenvalue weighted by Gasteiger charge is -2.31. The second-order valence-electron chi connectivity index (χ2n) is 3.80. The van der Waals surface area contributed by atoms with Gasteiger partial charge >= 0.3 is 0 Å². The van der Waals surface area contributed by atoms with Crippen LogP contribution in [0.5, 0.6) is 0 Å².